The average Bonchev–Trinajstić information content (AvgIpc) is 2.23. The molecule has 0 spiro atoms. The van der Waals surface area contributed by atoms with Crippen LogP contribution < -0.4 is 11.0 Å². The van der Waals surface area contributed by atoms with Crippen LogP contribution in [-0.4, -0.2) is 32.3 Å². The molecule has 0 saturated heterocycles. The zero-order chi connectivity index (χ0) is 11.1. The van der Waals surface area contributed by atoms with Gasteiger partial charge in [-0.05, 0) is 0 Å². The van der Waals surface area contributed by atoms with E-state index in [2.05, 4.69) is 23.5 Å². The second-order valence-corrected chi connectivity index (χ2v) is 2.08. The van der Waals surface area contributed by atoms with Crippen LogP contribution >= 0.6 is 0 Å². The smallest absolute Gasteiger partial charge is 0.158 e. The van der Waals surface area contributed by atoms with Crippen molar-refractivity contribution in [1.82, 2.24) is 11.0 Å². The fourth-order valence-electron chi connectivity index (χ4n) is 0.607. The number of hydrogen-bond acceptors (Lipinski definition) is 8. The highest BCUT2D eigenvalue weighted by atomic mass is 16.5. The van der Waals surface area contributed by atoms with Gasteiger partial charge in [-0.3, -0.25) is 21.4 Å². The lowest BCUT2D eigenvalue weighted by Crippen LogP contribution is -2.29. The molecular formula is C6H10N4O4. The molecular weight excluding hydrogens is 192 g/mol. The third kappa shape index (κ3) is 2.47. The molecule has 0 aromatic heterocycles. The predicted octanol–water partition coefficient (Wildman–Crippen LogP) is -0.368. The number of hydrogen-bond donors (Lipinski definition) is 6. The molecule has 6 N–H and O–H groups in total. The predicted molar refractivity (Wildman–Crippen MR) is 46.6 cm³/mol. The second-order valence-electron chi connectivity index (χ2n) is 2.08. The number of nitrogens with zero attached hydrogens (tertiary/aromatic N) is 2. The molecule has 0 aliphatic carbocycles. The van der Waals surface area contributed by atoms with Crippen molar-refractivity contribution in [3.8, 4) is 0 Å². The lowest BCUT2D eigenvalue weighted by Gasteiger charge is -2.08. The summed E-state index contributed by atoms with van der Waals surface area (Å²) in [6.07, 6.45) is 0. The van der Waals surface area contributed by atoms with Crippen LogP contribution in [0.2, 0.25) is 0 Å². The van der Waals surface area contributed by atoms with Crippen LogP contribution in [0.3, 0.4) is 0 Å². The summed E-state index contributed by atoms with van der Waals surface area (Å²) >= 11 is 0. The quantitative estimate of drug-likeness (QED) is 0.205. The zero-order valence-corrected chi connectivity index (χ0v) is 7.10. The minimum Gasteiger partial charge on any atom is -0.410 e. The van der Waals surface area contributed by atoms with E-state index in [1.165, 1.54) is 0 Å². The third-order valence-corrected chi connectivity index (χ3v) is 1.27. The van der Waals surface area contributed by atoms with Gasteiger partial charge in [0, 0.05) is 0 Å². The van der Waals surface area contributed by atoms with E-state index in [9.17, 15) is 0 Å². The molecule has 0 heterocycles. The first-order valence-electron chi connectivity index (χ1n) is 3.25. The lowest BCUT2D eigenvalue weighted by atomic mass is 10.1. The van der Waals surface area contributed by atoms with Crippen LogP contribution in [0.5, 0.6) is 0 Å². The molecule has 0 radical (unpaired) electrons. The van der Waals surface area contributed by atoms with Crippen LogP contribution in [0.4, 0.5) is 0 Å². The summed E-state index contributed by atoms with van der Waals surface area (Å²) in [5, 5.41) is 39.3. The van der Waals surface area contributed by atoms with Gasteiger partial charge in [0.25, 0.3) is 0 Å². The molecule has 0 bridgehead atoms. The van der Waals surface area contributed by atoms with E-state index in [1.807, 2.05) is 0 Å². The summed E-state index contributed by atoms with van der Waals surface area (Å²) in [5.41, 5.74) is 1.91. The summed E-state index contributed by atoms with van der Waals surface area (Å²) in [7, 11) is 0. The minimum atomic E-state index is -0.387. The van der Waals surface area contributed by atoms with Crippen molar-refractivity contribution < 1.29 is 20.8 Å². The fourth-order valence-corrected chi connectivity index (χ4v) is 0.607. The van der Waals surface area contributed by atoms with Gasteiger partial charge in [-0.25, -0.2) is 0 Å². The van der Waals surface area contributed by atoms with Gasteiger partial charge in [-0.1, -0.05) is 23.5 Å². The first-order chi connectivity index (χ1) is 6.62. The molecule has 0 rings (SSSR count). The van der Waals surface area contributed by atoms with Crippen molar-refractivity contribution in [2.45, 2.75) is 0 Å². The molecule has 0 aliphatic heterocycles. The number of nitrogens with one attached hydrogen (secondary N) is 2. The van der Waals surface area contributed by atoms with Gasteiger partial charge in [-0.2, -0.15) is 0 Å². The molecule has 14 heavy (non-hydrogen) atoms. The largest absolute Gasteiger partial charge is 0.410 e. The number of oxime groups is 2. The Morgan fingerprint density at radius 1 is 0.857 bits per heavy atom. The van der Waals surface area contributed by atoms with Crippen LogP contribution in [0.1, 0.15) is 0 Å². The van der Waals surface area contributed by atoms with E-state index in [0.29, 0.717) is 0 Å². The highest BCUT2D eigenvalue weighted by Crippen LogP contribution is 1.99. The van der Waals surface area contributed by atoms with Gasteiger partial charge >= 0.3 is 0 Å². The van der Waals surface area contributed by atoms with Gasteiger partial charge in [0.1, 0.15) is 0 Å². The van der Waals surface area contributed by atoms with Crippen LogP contribution in [0, 0.1) is 0 Å². The maximum Gasteiger partial charge on any atom is 0.158 e. The molecule has 0 fully saturated rings. The molecule has 0 unspecified atom stereocenters. The third-order valence-electron chi connectivity index (χ3n) is 1.27. The molecule has 0 amide bonds. The molecule has 78 valence electrons. The number of rotatable bonds is 5. The van der Waals surface area contributed by atoms with E-state index in [1.54, 1.807) is 11.0 Å². The number of hydroxylamine groups is 2. The van der Waals surface area contributed by atoms with Gasteiger partial charge < -0.3 is 10.4 Å². The summed E-state index contributed by atoms with van der Waals surface area (Å²) < 4.78 is 0. The first-order valence-corrected chi connectivity index (χ1v) is 3.25. The SMILES string of the molecule is C=C(NO)C(=N\O)/C(=N/O)C(=C)NO. The van der Waals surface area contributed by atoms with Gasteiger partial charge in [-0.15, -0.1) is 0 Å². The van der Waals surface area contributed by atoms with Crippen molar-refractivity contribution in [2.24, 2.45) is 10.3 Å². The van der Waals surface area contributed by atoms with E-state index in [-0.39, 0.29) is 22.8 Å². The molecule has 0 saturated carbocycles. The Morgan fingerprint density at radius 3 is 1.29 bits per heavy atom. The standard InChI is InChI=1S/C6H10N4O4/c1-3(7-11)5(9-13)6(10-14)4(2)8-12/h7-8,11-14H,1-2H2/b9-5+,10-6+. The first kappa shape index (κ1) is 11.9. The molecule has 0 aromatic rings. The van der Waals surface area contributed by atoms with Crippen LogP contribution in [0.25, 0.3) is 0 Å². The summed E-state index contributed by atoms with van der Waals surface area (Å²) in [5.74, 6) is 0. The molecule has 8 nitrogen and oxygen atoms in total. The Balaban J connectivity index is 5.03. The maximum absolute atomic E-state index is 8.51. The van der Waals surface area contributed by atoms with Crippen molar-refractivity contribution >= 4 is 11.4 Å². The monoisotopic (exact) mass is 202 g/mol. The van der Waals surface area contributed by atoms with Crippen molar-refractivity contribution in [3.63, 3.8) is 0 Å². The van der Waals surface area contributed by atoms with E-state index >= 15 is 0 Å². The summed E-state index contributed by atoms with van der Waals surface area (Å²) in [6, 6.07) is 0. The van der Waals surface area contributed by atoms with Crippen molar-refractivity contribution in [1.29, 1.82) is 0 Å². The minimum absolute atomic E-state index is 0.239. The maximum atomic E-state index is 8.51. The van der Waals surface area contributed by atoms with Gasteiger partial charge in [0.05, 0.1) is 11.4 Å². The van der Waals surface area contributed by atoms with Crippen molar-refractivity contribution in [3.05, 3.63) is 24.6 Å². The Morgan fingerprint density at radius 2 is 1.14 bits per heavy atom. The number of allylic oxidation sites excluding steroid dienone is 2. The second kappa shape index (κ2) is 5.56. The van der Waals surface area contributed by atoms with Crippen LogP contribution in [-0.2, 0) is 0 Å². The zero-order valence-electron chi connectivity index (χ0n) is 7.10. The Labute approximate surface area is 79.1 Å². The molecule has 0 aliphatic rings. The topological polar surface area (TPSA) is 130 Å². The van der Waals surface area contributed by atoms with Gasteiger partial charge in [0.15, 0.2) is 11.4 Å². The van der Waals surface area contributed by atoms with E-state index in [4.69, 9.17) is 20.8 Å². The fraction of sp³-hybridized carbons (Fsp3) is 0. The Kier molecular flexibility index (Phi) is 4.74. The summed E-state index contributed by atoms with van der Waals surface area (Å²) in [4.78, 5) is 0. The molecule has 0 atom stereocenters. The normalized spacial score (nSPS) is 12.1. The van der Waals surface area contributed by atoms with E-state index < -0.39 is 0 Å². The highest BCUT2D eigenvalue weighted by Gasteiger charge is 2.17. The highest BCUT2D eigenvalue weighted by molar-refractivity contribution is 6.52. The van der Waals surface area contributed by atoms with Gasteiger partial charge in [0.2, 0.25) is 0 Å². The van der Waals surface area contributed by atoms with Crippen molar-refractivity contribution in [2.75, 3.05) is 0 Å². The molecule has 8 heteroatoms. The van der Waals surface area contributed by atoms with E-state index in [0.717, 1.165) is 0 Å². The lowest BCUT2D eigenvalue weighted by molar-refractivity contribution is 0.204. The Bertz CT molecular complexity index is 266. The molecule has 0 aromatic carbocycles. The summed E-state index contributed by atoms with van der Waals surface area (Å²) in [6.45, 7) is 6.47. The average molecular weight is 202 g/mol. The Hall–Kier alpha value is -2.06. The van der Waals surface area contributed by atoms with Crippen LogP contribution in [0.15, 0.2) is 34.9 Å².